The Balaban J connectivity index is 2.60. The van der Waals surface area contributed by atoms with Gasteiger partial charge in [0.25, 0.3) is 0 Å². The summed E-state index contributed by atoms with van der Waals surface area (Å²) in [7, 11) is -2.67. The number of hydrogen-bond acceptors (Lipinski definition) is 3. The molecule has 0 heterocycles. The second-order valence-electron chi connectivity index (χ2n) is 3.51. The van der Waals surface area contributed by atoms with Crippen LogP contribution in [0.25, 0.3) is 0 Å². The maximum Gasteiger partial charge on any atom is 0.169 e. The van der Waals surface area contributed by atoms with Gasteiger partial charge in [0.1, 0.15) is 0 Å². The Morgan fingerprint density at radius 3 is 1.75 bits per heavy atom. The van der Waals surface area contributed by atoms with Crippen molar-refractivity contribution in [1.82, 2.24) is 0 Å². The fourth-order valence-corrected chi connectivity index (χ4v) is 2.34. The van der Waals surface area contributed by atoms with E-state index in [0.717, 1.165) is 25.7 Å². The molecule has 0 spiro atoms. The minimum Gasteiger partial charge on any atom is -0.375 e. The zero-order chi connectivity index (χ0) is 9.03. The van der Waals surface area contributed by atoms with Crippen LogP contribution in [0.5, 0.6) is 0 Å². The Morgan fingerprint density at radius 1 is 0.917 bits per heavy atom. The average molecular weight is 192 g/mol. The van der Waals surface area contributed by atoms with Crippen LogP contribution in [0.4, 0.5) is 0 Å². The van der Waals surface area contributed by atoms with Gasteiger partial charge in [0.2, 0.25) is 0 Å². The summed E-state index contributed by atoms with van der Waals surface area (Å²) in [4.78, 5) is -1.39. The molecule has 0 aromatic rings. The lowest BCUT2D eigenvalue weighted by atomic mass is 9.98. The van der Waals surface area contributed by atoms with E-state index in [0.29, 0.717) is 12.8 Å². The topological polar surface area (TPSA) is 54.4 Å². The third-order valence-corrected chi connectivity index (χ3v) is 3.62. The second-order valence-corrected chi connectivity index (χ2v) is 4.85. The zero-order valence-corrected chi connectivity index (χ0v) is 8.06. The van der Waals surface area contributed by atoms with Gasteiger partial charge < -0.3 is 5.11 Å². The first-order valence-electron chi connectivity index (χ1n) is 4.52. The molecule has 1 rings (SSSR count). The van der Waals surface area contributed by atoms with Gasteiger partial charge in [-0.25, -0.2) is 8.42 Å². The number of hydrogen-bond donors (Lipinski definition) is 2. The summed E-state index contributed by atoms with van der Waals surface area (Å²) >= 11 is 0. The molecule has 4 heteroatoms. The number of rotatable bonds is 1. The Bertz CT molecular complexity index is 194. The first-order chi connectivity index (χ1) is 5.65. The summed E-state index contributed by atoms with van der Waals surface area (Å²) in [5, 5.41) is 9.66. The van der Waals surface area contributed by atoms with E-state index in [9.17, 15) is 13.5 Å². The van der Waals surface area contributed by atoms with Crippen molar-refractivity contribution >= 4 is 10.7 Å². The minimum absolute atomic E-state index is 0.422. The Labute approximate surface area is 74.7 Å². The summed E-state index contributed by atoms with van der Waals surface area (Å²) in [5.41, 5.74) is 0. The fourth-order valence-electron chi connectivity index (χ4n) is 1.65. The Kier molecular flexibility index (Phi) is 3.53. The molecule has 0 aromatic heterocycles. The highest BCUT2D eigenvalue weighted by Crippen LogP contribution is 2.26. The van der Waals surface area contributed by atoms with Crippen molar-refractivity contribution in [2.24, 2.45) is 0 Å². The monoisotopic (exact) mass is 192 g/mol. The average Bonchev–Trinajstić information content (AvgIpc) is 1.97. The molecule has 1 saturated carbocycles. The molecule has 0 bridgehead atoms. The van der Waals surface area contributed by atoms with Crippen LogP contribution in [0.2, 0.25) is 0 Å². The second kappa shape index (κ2) is 4.23. The molecule has 3 nitrogen and oxygen atoms in total. The Hall–Kier alpha value is -0.0900. The molecule has 1 N–H and O–H groups in total. The number of aliphatic hydroxyl groups is 1. The predicted octanol–water partition coefficient (Wildman–Crippen LogP) is 1.03. The van der Waals surface area contributed by atoms with E-state index in [2.05, 4.69) is 0 Å². The zero-order valence-electron chi connectivity index (χ0n) is 7.16. The predicted molar refractivity (Wildman–Crippen MR) is 47.6 cm³/mol. The molecule has 0 aromatic carbocycles. The largest absolute Gasteiger partial charge is 0.375 e. The van der Waals surface area contributed by atoms with Crippen LogP contribution in [0, 0.1) is 0 Å². The summed E-state index contributed by atoms with van der Waals surface area (Å²) in [6, 6.07) is 0. The van der Waals surface area contributed by atoms with Crippen LogP contribution in [0.3, 0.4) is 0 Å². The first-order valence-corrected chi connectivity index (χ1v) is 5.70. The highest BCUT2D eigenvalue weighted by Gasteiger charge is 2.30. The molecule has 12 heavy (non-hydrogen) atoms. The summed E-state index contributed by atoms with van der Waals surface area (Å²) < 4.78 is 21.5. The SMILES string of the molecule is O=[SH](=O)C1(O)CCCCCCC1. The van der Waals surface area contributed by atoms with Gasteiger partial charge in [0, 0.05) is 0 Å². The molecule has 0 amide bonds. The van der Waals surface area contributed by atoms with Gasteiger partial charge in [0.05, 0.1) is 0 Å². The van der Waals surface area contributed by atoms with E-state index in [4.69, 9.17) is 0 Å². The van der Waals surface area contributed by atoms with Crippen molar-refractivity contribution < 1.29 is 13.5 Å². The molecular weight excluding hydrogens is 176 g/mol. The maximum absolute atomic E-state index is 10.7. The molecule has 72 valence electrons. The van der Waals surface area contributed by atoms with Crippen molar-refractivity contribution in [1.29, 1.82) is 0 Å². The molecule has 1 fully saturated rings. The van der Waals surface area contributed by atoms with Crippen LogP contribution in [0.15, 0.2) is 0 Å². The van der Waals surface area contributed by atoms with E-state index >= 15 is 0 Å². The van der Waals surface area contributed by atoms with Crippen LogP contribution < -0.4 is 0 Å². The van der Waals surface area contributed by atoms with Crippen molar-refractivity contribution in [3.8, 4) is 0 Å². The normalized spacial score (nSPS) is 24.8. The molecular formula is C8H16O3S. The van der Waals surface area contributed by atoms with Crippen molar-refractivity contribution in [3.63, 3.8) is 0 Å². The van der Waals surface area contributed by atoms with Crippen LogP contribution in [-0.4, -0.2) is 18.5 Å². The van der Waals surface area contributed by atoms with E-state index in [-0.39, 0.29) is 0 Å². The third-order valence-electron chi connectivity index (χ3n) is 2.49. The summed E-state index contributed by atoms with van der Waals surface area (Å²) in [6.45, 7) is 0. The third kappa shape index (κ3) is 2.45. The molecule has 1 aliphatic rings. The Morgan fingerprint density at radius 2 is 1.33 bits per heavy atom. The molecule has 0 atom stereocenters. The van der Waals surface area contributed by atoms with Crippen molar-refractivity contribution in [2.75, 3.05) is 0 Å². The minimum atomic E-state index is -2.67. The summed E-state index contributed by atoms with van der Waals surface area (Å²) in [5.74, 6) is 0. The molecule has 0 unspecified atom stereocenters. The lowest BCUT2D eigenvalue weighted by Crippen LogP contribution is -2.31. The van der Waals surface area contributed by atoms with Gasteiger partial charge in [-0.3, -0.25) is 0 Å². The van der Waals surface area contributed by atoms with Crippen LogP contribution in [-0.2, 0) is 10.7 Å². The van der Waals surface area contributed by atoms with Gasteiger partial charge in [-0.15, -0.1) is 0 Å². The van der Waals surface area contributed by atoms with E-state index in [1.165, 1.54) is 6.42 Å². The van der Waals surface area contributed by atoms with Crippen molar-refractivity contribution in [2.45, 2.75) is 49.9 Å². The molecule has 1 aliphatic carbocycles. The van der Waals surface area contributed by atoms with E-state index in [1.54, 1.807) is 0 Å². The van der Waals surface area contributed by atoms with Crippen molar-refractivity contribution in [3.05, 3.63) is 0 Å². The smallest absolute Gasteiger partial charge is 0.169 e. The van der Waals surface area contributed by atoms with Gasteiger partial charge in [0.15, 0.2) is 15.6 Å². The first kappa shape index (κ1) is 9.99. The fraction of sp³-hybridized carbons (Fsp3) is 1.00. The quantitative estimate of drug-likeness (QED) is 0.610. The van der Waals surface area contributed by atoms with Gasteiger partial charge in [-0.05, 0) is 25.7 Å². The van der Waals surface area contributed by atoms with E-state index < -0.39 is 15.6 Å². The molecule has 0 aliphatic heterocycles. The maximum atomic E-state index is 10.7. The van der Waals surface area contributed by atoms with Crippen LogP contribution >= 0.6 is 0 Å². The highest BCUT2D eigenvalue weighted by molar-refractivity contribution is 7.73. The standard InChI is InChI=1S/C8H16O3S/c9-8(12(10)11)6-4-2-1-3-5-7-8/h9,12H,1-7H2. The number of thiol groups is 1. The van der Waals surface area contributed by atoms with Gasteiger partial charge >= 0.3 is 0 Å². The van der Waals surface area contributed by atoms with Gasteiger partial charge in [-0.1, -0.05) is 19.3 Å². The molecule has 0 saturated heterocycles. The van der Waals surface area contributed by atoms with Crippen LogP contribution in [0.1, 0.15) is 44.9 Å². The lowest BCUT2D eigenvalue weighted by molar-refractivity contribution is 0.0977. The summed E-state index contributed by atoms with van der Waals surface area (Å²) in [6.07, 6.45) is 5.78. The van der Waals surface area contributed by atoms with E-state index in [1.807, 2.05) is 0 Å². The highest BCUT2D eigenvalue weighted by atomic mass is 32.2. The lowest BCUT2D eigenvalue weighted by Gasteiger charge is -2.23. The molecule has 0 radical (unpaired) electrons. The van der Waals surface area contributed by atoms with Gasteiger partial charge in [-0.2, -0.15) is 0 Å².